The van der Waals surface area contributed by atoms with Crippen molar-refractivity contribution >= 4 is 21.6 Å². The summed E-state index contributed by atoms with van der Waals surface area (Å²) in [7, 11) is -2.12. The first-order chi connectivity index (χ1) is 16.3. The van der Waals surface area contributed by atoms with Crippen LogP contribution in [0.3, 0.4) is 0 Å². The fraction of sp³-hybridized carbons (Fsp3) is 0.154. The van der Waals surface area contributed by atoms with E-state index in [1.165, 1.54) is 22.6 Å². The molecule has 1 N–H and O–H groups in total. The molecule has 0 aliphatic carbocycles. The lowest BCUT2D eigenvalue weighted by molar-refractivity contribution is 0.102. The van der Waals surface area contributed by atoms with Gasteiger partial charge in [-0.05, 0) is 61.4 Å². The molecule has 34 heavy (non-hydrogen) atoms. The van der Waals surface area contributed by atoms with Crippen molar-refractivity contribution in [3.05, 3.63) is 107 Å². The maximum absolute atomic E-state index is 12.9. The van der Waals surface area contributed by atoms with Gasteiger partial charge in [-0.2, -0.15) is 9.40 Å². The Kier molecular flexibility index (Phi) is 6.63. The molecular formula is C26H26N4O3S. The van der Waals surface area contributed by atoms with E-state index in [-0.39, 0.29) is 17.3 Å². The number of carbonyl (C=O) groups is 1. The highest BCUT2D eigenvalue weighted by Gasteiger charge is 2.21. The third-order valence-electron chi connectivity index (χ3n) is 5.57. The second kappa shape index (κ2) is 9.62. The predicted molar refractivity (Wildman–Crippen MR) is 133 cm³/mol. The predicted octanol–water partition coefficient (Wildman–Crippen LogP) is 4.56. The molecule has 8 heteroatoms. The summed E-state index contributed by atoms with van der Waals surface area (Å²) >= 11 is 0. The number of hydrogen-bond donors (Lipinski definition) is 1. The molecule has 174 valence electrons. The van der Waals surface area contributed by atoms with Crippen LogP contribution in [-0.2, 0) is 16.6 Å². The Labute approximate surface area is 199 Å². The van der Waals surface area contributed by atoms with Crippen LogP contribution in [0.4, 0.5) is 5.69 Å². The van der Waals surface area contributed by atoms with Crippen LogP contribution in [0.25, 0.3) is 5.69 Å². The van der Waals surface area contributed by atoms with Crippen LogP contribution in [-0.4, -0.2) is 35.5 Å². The lowest BCUT2D eigenvalue weighted by atomic mass is 10.2. The number of aryl methyl sites for hydroxylation is 1. The molecule has 0 spiro atoms. The maximum Gasteiger partial charge on any atom is 0.259 e. The number of benzene rings is 3. The average molecular weight is 475 g/mol. The highest BCUT2D eigenvalue weighted by Crippen LogP contribution is 2.21. The van der Waals surface area contributed by atoms with Gasteiger partial charge in [0.1, 0.15) is 0 Å². The summed E-state index contributed by atoms with van der Waals surface area (Å²) in [4.78, 5) is 13.0. The Hall–Kier alpha value is -3.75. The smallest absolute Gasteiger partial charge is 0.259 e. The van der Waals surface area contributed by atoms with Gasteiger partial charge in [0.25, 0.3) is 5.91 Å². The molecule has 0 aliphatic rings. The van der Waals surface area contributed by atoms with Crippen LogP contribution in [0, 0.1) is 13.8 Å². The molecule has 0 radical (unpaired) electrons. The number of sulfonamides is 1. The summed E-state index contributed by atoms with van der Waals surface area (Å²) in [5, 5.41) is 7.18. The lowest BCUT2D eigenvalue weighted by Gasteiger charge is -2.17. The van der Waals surface area contributed by atoms with Crippen molar-refractivity contribution in [3.8, 4) is 5.69 Å². The van der Waals surface area contributed by atoms with Gasteiger partial charge < -0.3 is 5.32 Å². The minimum Gasteiger partial charge on any atom is -0.322 e. The Bertz CT molecular complexity index is 1410. The summed E-state index contributed by atoms with van der Waals surface area (Å²) in [6.07, 6.45) is 1.53. The Morgan fingerprint density at radius 1 is 0.971 bits per heavy atom. The minimum atomic E-state index is -3.66. The fourth-order valence-corrected chi connectivity index (χ4v) is 4.83. The maximum atomic E-state index is 12.9. The van der Waals surface area contributed by atoms with E-state index in [0.29, 0.717) is 16.9 Å². The number of anilines is 1. The second-order valence-corrected chi connectivity index (χ2v) is 10.2. The van der Waals surface area contributed by atoms with Gasteiger partial charge in [-0.25, -0.2) is 13.1 Å². The first kappa shape index (κ1) is 23.4. The van der Waals surface area contributed by atoms with E-state index in [0.717, 1.165) is 16.8 Å². The molecule has 0 saturated carbocycles. The van der Waals surface area contributed by atoms with Gasteiger partial charge in [0.05, 0.1) is 28.0 Å². The van der Waals surface area contributed by atoms with Crippen molar-refractivity contribution < 1.29 is 13.2 Å². The van der Waals surface area contributed by atoms with Gasteiger partial charge in [-0.3, -0.25) is 4.79 Å². The number of hydrogen-bond acceptors (Lipinski definition) is 4. The summed E-state index contributed by atoms with van der Waals surface area (Å²) in [5.41, 5.74) is 4.54. The molecule has 4 aromatic rings. The number of aromatic nitrogens is 2. The van der Waals surface area contributed by atoms with Gasteiger partial charge in [-0.1, -0.05) is 42.5 Å². The number of rotatable bonds is 7. The zero-order chi connectivity index (χ0) is 24.3. The van der Waals surface area contributed by atoms with Gasteiger partial charge in [-0.15, -0.1) is 0 Å². The van der Waals surface area contributed by atoms with Crippen LogP contribution in [0.2, 0.25) is 0 Å². The zero-order valence-electron chi connectivity index (χ0n) is 19.3. The molecule has 1 heterocycles. The van der Waals surface area contributed by atoms with E-state index in [9.17, 15) is 13.2 Å². The first-order valence-electron chi connectivity index (χ1n) is 10.8. The van der Waals surface area contributed by atoms with Crippen molar-refractivity contribution in [2.45, 2.75) is 25.3 Å². The van der Waals surface area contributed by atoms with Crippen LogP contribution in [0.5, 0.6) is 0 Å². The standard InChI is InChI=1S/C26H26N4O3S/c1-19-8-7-11-23(16-19)30-20(2)25(17-27-30)26(31)28-22-12-14-24(15-13-22)34(32,33)29(3)18-21-9-5-4-6-10-21/h4-17H,18H2,1-3H3,(H,28,31). The lowest BCUT2D eigenvalue weighted by Crippen LogP contribution is -2.26. The largest absolute Gasteiger partial charge is 0.322 e. The number of amides is 1. The molecule has 0 bridgehead atoms. The number of nitrogens with zero attached hydrogens (tertiary/aromatic N) is 3. The van der Waals surface area contributed by atoms with Crippen molar-refractivity contribution in [3.63, 3.8) is 0 Å². The molecule has 0 atom stereocenters. The molecular weight excluding hydrogens is 448 g/mol. The van der Waals surface area contributed by atoms with Gasteiger partial charge in [0.15, 0.2) is 0 Å². The van der Waals surface area contributed by atoms with Crippen molar-refractivity contribution in [2.75, 3.05) is 12.4 Å². The summed E-state index contributed by atoms with van der Waals surface area (Å²) < 4.78 is 28.9. The fourth-order valence-electron chi connectivity index (χ4n) is 3.67. The third-order valence-corrected chi connectivity index (χ3v) is 7.39. The molecule has 3 aromatic carbocycles. The average Bonchev–Trinajstić information content (AvgIpc) is 3.21. The van der Waals surface area contributed by atoms with Crippen LogP contribution in [0.1, 0.15) is 27.2 Å². The van der Waals surface area contributed by atoms with E-state index >= 15 is 0 Å². The van der Waals surface area contributed by atoms with Crippen LogP contribution < -0.4 is 5.32 Å². The molecule has 1 aromatic heterocycles. The second-order valence-electron chi connectivity index (χ2n) is 8.12. The van der Waals surface area contributed by atoms with Crippen LogP contribution >= 0.6 is 0 Å². The first-order valence-corrected chi connectivity index (χ1v) is 12.2. The minimum absolute atomic E-state index is 0.160. The summed E-state index contributed by atoms with van der Waals surface area (Å²) in [6, 6.07) is 23.4. The summed E-state index contributed by atoms with van der Waals surface area (Å²) in [6.45, 7) is 4.10. The van der Waals surface area contributed by atoms with E-state index in [2.05, 4.69) is 10.4 Å². The number of nitrogens with one attached hydrogen (secondary N) is 1. The SMILES string of the molecule is Cc1cccc(-n2ncc(C(=O)Nc3ccc(S(=O)(=O)N(C)Cc4ccccc4)cc3)c2C)c1. The van der Waals surface area contributed by atoms with Gasteiger partial charge in [0, 0.05) is 19.3 Å². The van der Waals surface area contributed by atoms with E-state index in [4.69, 9.17) is 0 Å². The highest BCUT2D eigenvalue weighted by molar-refractivity contribution is 7.89. The molecule has 0 saturated heterocycles. The molecule has 0 aliphatic heterocycles. The van der Waals surface area contributed by atoms with E-state index < -0.39 is 10.0 Å². The highest BCUT2D eigenvalue weighted by atomic mass is 32.2. The van der Waals surface area contributed by atoms with Gasteiger partial charge >= 0.3 is 0 Å². The van der Waals surface area contributed by atoms with Crippen LogP contribution in [0.15, 0.2) is 90.0 Å². The quantitative estimate of drug-likeness (QED) is 0.426. The van der Waals surface area contributed by atoms with Crippen molar-refractivity contribution in [1.82, 2.24) is 14.1 Å². The molecule has 7 nitrogen and oxygen atoms in total. The molecule has 4 rings (SSSR count). The Morgan fingerprint density at radius 3 is 2.35 bits per heavy atom. The molecule has 1 amide bonds. The van der Waals surface area contributed by atoms with Crippen molar-refractivity contribution in [2.24, 2.45) is 0 Å². The monoisotopic (exact) mass is 474 g/mol. The van der Waals surface area contributed by atoms with E-state index in [1.54, 1.807) is 23.9 Å². The zero-order valence-corrected chi connectivity index (χ0v) is 20.1. The van der Waals surface area contributed by atoms with Gasteiger partial charge in [0.2, 0.25) is 10.0 Å². The third kappa shape index (κ3) is 4.93. The van der Waals surface area contributed by atoms with Crippen molar-refractivity contribution in [1.29, 1.82) is 0 Å². The Morgan fingerprint density at radius 2 is 1.68 bits per heavy atom. The molecule has 0 unspecified atom stereocenters. The normalized spacial score (nSPS) is 11.5. The number of carbonyl (C=O) groups excluding carboxylic acids is 1. The molecule has 0 fully saturated rings. The summed E-state index contributed by atoms with van der Waals surface area (Å²) in [5.74, 6) is -0.312. The Balaban J connectivity index is 1.47. The van der Waals surface area contributed by atoms with E-state index in [1.807, 2.05) is 68.4 Å². The topological polar surface area (TPSA) is 84.3 Å².